The second kappa shape index (κ2) is 5.47. The highest BCUT2D eigenvalue weighted by molar-refractivity contribution is 7.94. The van der Waals surface area contributed by atoms with Crippen molar-refractivity contribution in [2.24, 2.45) is 16.6 Å². The van der Waals surface area contributed by atoms with Crippen LogP contribution < -0.4 is 10.5 Å². The van der Waals surface area contributed by atoms with E-state index >= 15 is 0 Å². The van der Waals surface area contributed by atoms with E-state index < -0.39 is 31.0 Å². The molecule has 0 aliphatic carbocycles. The van der Waals surface area contributed by atoms with Crippen molar-refractivity contribution in [2.45, 2.75) is 76.0 Å². The van der Waals surface area contributed by atoms with Gasteiger partial charge in [-0.25, -0.2) is 8.42 Å². The van der Waals surface area contributed by atoms with Crippen molar-refractivity contribution in [1.29, 1.82) is 0 Å². The quantitative estimate of drug-likeness (QED) is 0.751. The molecule has 0 amide bonds. The molecule has 3 rings (SSSR count). The Balaban J connectivity index is 2.42. The van der Waals surface area contributed by atoms with E-state index in [9.17, 15) is 8.42 Å². The van der Waals surface area contributed by atoms with Crippen molar-refractivity contribution < 1.29 is 13.2 Å². The molecule has 1 unspecified atom stereocenters. The molecular formula is C20H30N2O3S. The summed E-state index contributed by atoms with van der Waals surface area (Å²) in [5.41, 5.74) is 6.88. The number of nitrogens with zero attached hydrogens (tertiary/aromatic N) is 1. The Morgan fingerprint density at radius 3 is 2.42 bits per heavy atom. The molecule has 0 saturated heterocycles. The SMILES string of the molecule is Cc1ccc2c(c1)[C@@]1(C)N=C(N)C(C)(C)S(=O)(=O)C(CC(C)(C)O2)[C@H]1C. The molecule has 2 bridgehead atoms. The summed E-state index contributed by atoms with van der Waals surface area (Å²) in [4.78, 5) is 4.82. The van der Waals surface area contributed by atoms with Crippen LogP contribution in [-0.2, 0) is 15.4 Å². The molecule has 5 nitrogen and oxygen atoms in total. The molecule has 6 heteroatoms. The first-order chi connectivity index (χ1) is 11.7. The highest BCUT2D eigenvalue weighted by Gasteiger charge is 2.56. The van der Waals surface area contributed by atoms with Crippen LogP contribution in [0.3, 0.4) is 0 Å². The number of hydrogen-bond acceptors (Lipinski definition) is 5. The standard InChI is InChI=1S/C20H30N2O3S/c1-12-8-9-15-14(10-12)20(7)13(2)16(11-18(3,4)25-15)26(23,24)19(5,6)17(21)22-20/h8-10,13,16H,11H2,1-7H3,(H2,21,22)/t13-,16?,20+/m1/s1. The summed E-state index contributed by atoms with van der Waals surface area (Å²) in [5.74, 6) is 0.681. The number of benzene rings is 1. The molecule has 0 spiro atoms. The largest absolute Gasteiger partial charge is 0.487 e. The lowest BCUT2D eigenvalue weighted by atomic mass is 9.75. The van der Waals surface area contributed by atoms with Crippen LogP contribution in [0.1, 0.15) is 59.1 Å². The Morgan fingerprint density at radius 1 is 1.19 bits per heavy atom. The molecule has 3 atom stereocenters. The summed E-state index contributed by atoms with van der Waals surface area (Å²) in [7, 11) is -3.57. The van der Waals surface area contributed by atoms with E-state index in [1.165, 1.54) is 0 Å². The van der Waals surface area contributed by atoms with Crippen molar-refractivity contribution in [3.8, 4) is 5.75 Å². The van der Waals surface area contributed by atoms with E-state index in [0.717, 1.165) is 16.9 Å². The van der Waals surface area contributed by atoms with E-state index in [2.05, 4.69) is 0 Å². The first-order valence-corrected chi connectivity index (χ1v) is 10.7. The third-order valence-corrected chi connectivity index (χ3v) is 9.29. The highest BCUT2D eigenvalue weighted by atomic mass is 32.2. The third kappa shape index (κ3) is 2.56. The number of rotatable bonds is 0. The van der Waals surface area contributed by atoms with Crippen LogP contribution >= 0.6 is 0 Å². The molecule has 1 aromatic carbocycles. The van der Waals surface area contributed by atoms with E-state index in [1.54, 1.807) is 13.8 Å². The predicted molar refractivity (Wildman–Crippen MR) is 105 cm³/mol. The van der Waals surface area contributed by atoms with Crippen molar-refractivity contribution in [3.05, 3.63) is 29.3 Å². The molecule has 2 N–H and O–H groups in total. The molecule has 26 heavy (non-hydrogen) atoms. The van der Waals surface area contributed by atoms with Gasteiger partial charge in [-0.05, 0) is 53.7 Å². The van der Waals surface area contributed by atoms with Crippen molar-refractivity contribution in [3.63, 3.8) is 0 Å². The highest BCUT2D eigenvalue weighted by Crippen LogP contribution is 2.50. The molecule has 0 saturated carbocycles. The molecule has 1 aromatic rings. The van der Waals surface area contributed by atoms with Crippen LogP contribution in [0.25, 0.3) is 0 Å². The number of amidine groups is 1. The summed E-state index contributed by atoms with van der Waals surface area (Å²) in [6.07, 6.45) is 0.394. The maximum absolute atomic E-state index is 13.5. The first-order valence-electron chi connectivity index (χ1n) is 9.12. The van der Waals surface area contributed by atoms with Crippen LogP contribution in [0, 0.1) is 12.8 Å². The van der Waals surface area contributed by atoms with E-state index in [1.807, 2.05) is 52.8 Å². The maximum atomic E-state index is 13.5. The van der Waals surface area contributed by atoms with Crippen molar-refractivity contribution in [1.82, 2.24) is 0 Å². The maximum Gasteiger partial charge on any atom is 0.166 e. The zero-order valence-electron chi connectivity index (χ0n) is 16.8. The van der Waals surface area contributed by atoms with E-state index in [4.69, 9.17) is 15.5 Å². The van der Waals surface area contributed by atoms with Gasteiger partial charge in [0.2, 0.25) is 0 Å². The number of aryl methyl sites for hydroxylation is 1. The smallest absolute Gasteiger partial charge is 0.166 e. The number of aliphatic imine (C=N–C) groups is 1. The molecule has 2 aliphatic rings. The lowest BCUT2D eigenvalue weighted by Crippen LogP contribution is -2.52. The Hall–Kier alpha value is -1.56. The Bertz CT molecular complexity index is 886. The fourth-order valence-electron chi connectivity index (χ4n) is 4.19. The van der Waals surface area contributed by atoms with Gasteiger partial charge >= 0.3 is 0 Å². The van der Waals surface area contributed by atoms with Gasteiger partial charge in [-0.2, -0.15) is 0 Å². The van der Waals surface area contributed by atoms with Gasteiger partial charge in [-0.3, -0.25) is 4.99 Å². The monoisotopic (exact) mass is 378 g/mol. The lowest BCUT2D eigenvalue weighted by Gasteiger charge is -2.43. The summed E-state index contributed by atoms with van der Waals surface area (Å²) >= 11 is 0. The minimum Gasteiger partial charge on any atom is -0.487 e. The van der Waals surface area contributed by atoms with Gasteiger partial charge in [0.15, 0.2) is 9.84 Å². The molecule has 0 aromatic heterocycles. The topological polar surface area (TPSA) is 81.8 Å². The Kier molecular flexibility index (Phi) is 4.04. The van der Waals surface area contributed by atoms with Gasteiger partial charge in [0.05, 0.1) is 10.8 Å². The summed E-state index contributed by atoms with van der Waals surface area (Å²) in [5, 5.41) is -0.601. The van der Waals surface area contributed by atoms with Gasteiger partial charge in [0, 0.05) is 17.9 Å². The van der Waals surface area contributed by atoms with E-state index in [0.29, 0.717) is 6.42 Å². The number of sulfone groups is 1. The molecular weight excluding hydrogens is 348 g/mol. The van der Waals surface area contributed by atoms with Crippen LogP contribution in [-0.4, -0.2) is 29.9 Å². The van der Waals surface area contributed by atoms with Crippen LogP contribution in [0.4, 0.5) is 0 Å². The lowest BCUT2D eigenvalue weighted by molar-refractivity contribution is 0.0736. The van der Waals surface area contributed by atoms with Crippen LogP contribution in [0.15, 0.2) is 23.2 Å². The fourth-order valence-corrected chi connectivity index (χ4v) is 6.70. The van der Waals surface area contributed by atoms with E-state index in [-0.39, 0.29) is 11.8 Å². The summed E-state index contributed by atoms with van der Waals surface area (Å²) in [6.45, 7) is 13.2. The zero-order chi connectivity index (χ0) is 19.7. The van der Waals surface area contributed by atoms with Gasteiger partial charge < -0.3 is 10.5 Å². The van der Waals surface area contributed by atoms with Crippen molar-refractivity contribution >= 4 is 15.7 Å². The number of fused-ring (bicyclic) bond motifs is 4. The summed E-state index contributed by atoms with van der Waals surface area (Å²) in [6, 6.07) is 6.01. The third-order valence-electron chi connectivity index (χ3n) is 6.28. The zero-order valence-corrected chi connectivity index (χ0v) is 17.6. The van der Waals surface area contributed by atoms with Gasteiger partial charge in [-0.15, -0.1) is 0 Å². The minimum absolute atomic E-state index is 0.168. The minimum atomic E-state index is -3.57. The predicted octanol–water partition coefficient (Wildman–Crippen LogP) is 3.34. The Labute approximate surface area is 157 Å². The average molecular weight is 379 g/mol. The fraction of sp³-hybridized carbons (Fsp3) is 0.650. The van der Waals surface area contributed by atoms with Crippen LogP contribution in [0.5, 0.6) is 5.75 Å². The molecule has 144 valence electrons. The first kappa shape index (κ1) is 19.2. The second-order valence-electron chi connectivity index (χ2n) is 9.09. The molecule has 2 heterocycles. The number of ether oxygens (including phenoxy) is 1. The molecule has 0 radical (unpaired) electrons. The van der Waals surface area contributed by atoms with Crippen LogP contribution in [0.2, 0.25) is 0 Å². The van der Waals surface area contributed by atoms with Gasteiger partial charge in [0.25, 0.3) is 0 Å². The molecule has 2 aliphatic heterocycles. The number of hydrogen-bond donors (Lipinski definition) is 1. The normalized spacial score (nSPS) is 34.3. The average Bonchev–Trinajstić information content (AvgIpc) is 2.54. The van der Waals surface area contributed by atoms with Gasteiger partial charge in [-0.1, -0.05) is 18.6 Å². The molecule has 0 fully saturated rings. The number of nitrogens with two attached hydrogens (primary N) is 1. The van der Waals surface area contributed by atoms with Crippen molar-refractivity contribution in [2.75, 3.05) is 0 Å². The second-order valence-corrected chi connectivity index (χ2v) is 11.8. The van der Waals surface area contributed by atoms with Gasteiger partial charge in [0.1, 0.15) is 21.9 Å². The Morgan fingerprint density at radius 2 is 1.81 bits per heavy atom. The summed E-state index contributed by atoms with van der Waals surface area (Å²) < 4.78 is 32.2.